The lowest BCUT2D eigenvalue weighted by Crippen LogP contribution is -2.53. The van der Waals surface area contributed by atoms with Gasteiger partial charge in [0.1, 0.15) is 0 Å². The number of aryl methyl sites for hydroxylation is 2. The number of ether oxygens (including phenoxy) is 1. The predicted octanol–water partition coefficient (Wildman–Crippen LogP) is 2.30. The van der Waals surface area contributed by atoms with E-state index in [1.54, 1.807) is 24.3 Å². The Hall–Kier alpha value is -3.48. The summed E-state index contributed by atoms with van der Waals surface area (Å²) in [5, 5.41) is 11.8. The fraction of sp³-hybridized carbons (Fsp3) is 0.238. The summed E-state index contributed by atoms with van der Waals surface area (Å²) in [5.74, 6) is -3.73. The highest BCUT2D eigenvalue weighted by molar-refractivity contribution is 5.99. The smallest absolute Gasteiger partial charge is 0.338 e. The first kappa shape index (κ1) is 20.8. The highest BCUT2D eigenvalue weighted by atomic mass is 16.5. The van der Waals surface area contributed by atoms with Gasteiger partial charge in [0.25, 0.3) is 5.91 Å². The molecule has 0 heterocycles. The highest BCUT2D eigenvalue weighted by Crippen LogP contribution is 2.11. The van der Waals surface area contributed by atoms with Crippen LogP contribution in [0.3, 0.4) is 0 Å². The minimum atomic E-state index is -1.72. The molecule has 28 heavy (non-hydrogen) atoms. The van der Waals surface area contributed by atoms with Crippen LogP contribution in [-0.4, -0.2) is 40.9 Å². The van der Waals surface area contributed by atoms with Crippen LogP contribution in [0.4, 0.5) is 0 Å². The molecule has 2 aromatic rings. The van der Waals surface area contributed by atoms with Crippen LogP contribution in [0.2, 0.25) is 0 Å². The molecule has 2 unspecified atom stereocenters. The average molecular weight is 383 g/mol. The Balaban J connectivity index is 2.21. The number of rotatable bonds is 7. The van der Waals surface area contributed by atoms with E-state index in [1.165, 1.54) is 24.3 Å². The second-order valence-electron chi connectivity index (χ2n) is 6.46. The van der Waals surface area contributed by atoms with Crippen molar-refractivity contribution in [2.75, 3.05) is 0 Å². The van der Waals surface area contributed by atoms with Crippen molar-refractivity contribution in [2.24, 2.45) is 0 Å². The largest absolute Gasteiger partial charge is 0.480 e. The van der Waals surface area contributed by atoms with Gasteiger partial charge in [-0.2, -0.15) is 0 Å². The SMILES string of the molecule is CC(=O)C(OC(=O)c1ccc(C)cc1)C(NC(=O)c1ccc(C)cc1)C(=O)O. The van der Waals surface area contributed by atoms with Gasteiger partial charge >= 0.3 is 11.9 Å². The Morgan fingerprint density at radius 3 is 1.75 bits per heavy atom. The summed E-state index contributed by atoms with van der Waals surface area (Å²) in [6.45, 7) is 4.79. The Kier molecular flexibility index (Phi) is 6.65. The van der Waals surface area contributed by atoms with E-state index in [0.29, 0.717) is 0 Å². The molecule has 7 heteroatoms. The summed E-state index contributed by atoms with van der Waals surface area (Å²) in [6, 6.07) is 11.1. The fourth-order valence-corrected chi connectivity index (χ4v) is 2.46. The van der Waals surface area contributed by atoms with E-state index < -0.39 is 35.8 Å². The molecule has 0 aliphatic carbocycles. The van der Waals surface area contributed by atoms with Gasteiger partial charge in [0.05, 0.1) is 5.56 Å². The molecule has 0 saturated heterocycles. The summed E-state index contributed by atoms with van der Waals surface area (Å²) in [5.41, 5.74) is 2.25. The lowest BCUT2D eigenvalue weighted by molar-refractivity contribution is -0.146. The van der Waals surface area contributed by atoms with Gasteiger partial charge in [0.15, 0.2) is 17.9 Å². The van der Waals surface area contributed by atoms with Crippen LogP contribution in [0.5, 0.6) is 0 Å². The zero-order valence-electron chi connectivity index (χ0n) is 15.8. The topological polar surface area (TPSA) is 110 Å². The Morgan fingerprint density at radius 2 is 1.32 bits per heavy atom. The van der Waals surface area contributed by atoms with Gasteiger partial charge in [-0.3, -0.25) is 9.59 Å². The van der Waals surface area contributed by atoms with E-state index in [0.717, 1.165) is 18.1 Å². The number of carboxylic acid groups (broad SMARTS) is 1. The van der Waals surface area contributed by atoms with Gasteiger partial charge in [-0.1, -0.05) is 35.4 Å². The minimum absolute atomic E-state index is 0.172. The van der Waals surface area contributed by atoms with Gasteiger partial charge in [0.2, 0.25) is 0 Å². The van der Waals surface area contributed by atoms with Crippen molar-refractivity contribution in [3.05, 3.63) is 70.8 Å². The van der Waals surface area contributed by atoms with E-state index in [9.17, 15) is 24.3 Å². The summed E-state index contributed by atoms with van der Waals surface area (Å²) in [4.78, 5) is 48.3. The molecule has 7 nitrogen and oxygen atoms in total. The standard InChI is InChI=1S/C21H21NO6/c1-12-4-8-15(9-5-12)19(24)22-17(20(25)26)18(14(3)23)28-21(27)16-10-6-13(2)7-11-16/h4-11,17-18H,1-3H3,(H,22,24)(H,25,26). The molecule has 0 fully saturated rings. The van der Waals surface area contributed by atoms with Crippen LogP contribution in [0, 0.1) is 13.8 Å². The highest BCUT2D eigenvalue weighted by Gasteiger charge is 2.36. The normalized spacial score (nSPS) is 12.5. The van der Waals surface area contributed by atoms with Crippen LogP contribution in [0.25, 0.3) is 0 Å². The number of ketones is 1. The molecule has 2 rings (SSSR count). The fourth-order valence-electron chi connectivity index (χ4n) is 2.46. The van der Waals surface area contributed by atoms with Gasteiger partial charge in [-0.25, -0.2) is 9.59 Å². The number of carbonyl (C=O) groups excluding carboxylic acids is 3. The Morgan fingerprint density at radius 1 is 0.857 bits per heavy atom. The van der Waals surface area contributed by atoms with Crippen LogP contribution in [0.1, 0.15) is 38.8 Å². The number of hydrogen-bond donors (Lipinski definition) is 2. The first-order valence-electron chi connectivity index (χ1n) is 8.57. The van der Waals surface area contributed by atoms with E-state index in [4.69, 9.17) is 4.74 Å². The number of esters is 1. The van der Waals surface area contributed by atoms with E-state index in [-0.39, 0.29) is 11.1 Å². The van der Waals surface area contributed by atoms with Gasteiger partial charge in [-0.15, -0.1) is 0 Å². The lowest BCUT2D eigenvalue weighted by atomic mass is 10.1. The summed E-state index contributed by atoms with van der Waals surface area (Å²) >= 11 is 0. The molecule has 0 spiro atoms. The van der Waals surface area contributed by atoms with Crippen molar-refractivity contribution in [1.29, 1.82) is 0 Å². The van der Waals surface area contributed by atoms with Crippen molar-refractivity contribution >= 4 is 23.6 Å². The zero-order chi connectivity index (χ0) is 20.8. The number of nitrogens with one attached hydrogen (secondary N) is 1. The molecular formula is C21H21NO6. The zero-order valence-corrected chi connectivity index (χ0v) is 15.8. The number of aliphatic carboxylic acids is 1. The molecule has 0 aliphatic rings. The number of amides is 1. The van der Waals surface area contributed by atoms with Gasteiger partial charge < -0.3 is 15.2 Å². The predicted molar refractivity (Wildman–Crippen MR) is 101 cm³/mol. The number of Topliss-reactive ketones (excluding diaryl/α,β-unsaturated/α-hetero) is 1. The lowest BCUT2D eigenvalue weighted by Gasteiger charge is -2.23. The molecule has 2 N–H and O–H groups in total. The molecule has 0 bridgehead atoms. The quantitative estimate of drug-likeness (QED) is 0.710. The Labute approximate surface area is 162 Å². The van der Waals surface area contributed by atoms with E-state index in [2.05, 4.69) is 5.32 Å². The number of benzene rings is 2. The summed E-state index contributed by atoms with van der Waals surface area (Å²) in [6.07, 6.45) is -1.67. The molecule has 0 aliphatic heterocycles. The maximum absolute atomic E-state index is 12.4. The minimum Gasteiger partial charge on any atom is -0.480 e. The van der Waals surface area contributed by atoms with Crippen LogP contribution < -0.4 is 5.32 Å². The van der Waals surface area contributed by atoms with Crippen molar-refractivity contribution in [3.8, 4) is 0 Å². The van der Waals surface area contributed by atoms with Gasteiger partial charge in [0, 0.05) is 5.56 Å². The molecule has 0 aromatic heterocycles. The molecule has 1 amide bonds. The van der Waals surface area contributed by atoms with Crippen molar-refractivity contribution in [1.82, 2.24) is 5.32 Å². The van der Waals surface area contributed by atoms with Crippen molar-refractivity contribution in [3.63, 3.8) is 0 Å². The second-order valence-corrected chi connectivity index (χ2v) is 6.46. The third-order valence-electron chi connectivity index (χ3n) is 4.09. The Bertz CT molecular complexity index is 811. The third-order valence-corrected chi connectivity index (χ3v) is 4.09. The summed E-state index contributed by atoms with van der Waals surface area (Å²) < 4.78 is 5.13. The monoisotopic (exact) mass is 383 g/mol. The molecule has 2 aromatic carbocycles. The first-order valence-corrected chi connectivity index (χ1v) is 8.57. The van der Waals surface area contributed by atoms with Crippen LogP contribution in [-0.2, 0) is 14.3 Å². The molecule has 146 valence electrons. The van der Waals surface area contributed by atoms with Crippen molar-refractivity contribution in [2.45, 2.75) is 32.9 Å². The number of carboxylic acids is 1. The number of carbonyl (C=O) groups is 4. The van der Waals surface area contributed by atoms with Crippen molar-refractivity contribution < 1.29 is 29.0 Å². The van der Waals surface area contributed by atoms with E-state index >= 15 is 0 Å². The number of hydrogen-bond acceptors (Lipinski definition) is 5. The van der Waals surface area contributed by atoms with Crippen LogP contribution >= 0.6 is 0 Å². The third kappa shape index (κ3) is 5.26. The maximum Gasteiger partial charge on any atom is 0.338 e. The van der Waals surface area contributed by atoms with Gasteiger partial charge in [-0.05, 0) is 45.0 Å². The van der Waals surface area contributed by atoms with Crippen LogP contribution in [0.15, 0.2) is 48.5 Å². The molecular weight excluding hydrogens is 362 g/mol. The first-order chi connectivity index (χ1) is 13.2. The molecule has 0 radical (unpaired) electrons. The molecule has 0 saturated carbocycles. The maximum atomic E-state index is 12.4. The second kappa shape index (κ2) is 8.94. The summed E-state index contributed by atoms with van der Waals surface area (Å²) in [7, 11) is 0. The molecule has 2 atom stereocenters. The average Bonchev–Trinajstić information content (AvgIpc) is 2.64. The van der Waals surface area contributed by atoms with E-state index in [1.807, 2.05) is 13.8 Å².